The van der Waals surface area contributed by atoms with Gasteiger partial charge in [-0.1, -0.05) is 12.1 Å². The average molecular weight is 243 g/mol. The molecule has 0 amide bonds. The van der Waals surface area contributed by atoms with E-state index in [9.17, 15) is 0 Å². The number of aryl methyl sites for hydroxylation is 1. The third-order valence-corrected chi connectivity index (χ3v) is 2.61. The van der Waals surface area contributed by atoms with Crippen LogP contribution < -0.4 is 10.1 Å². The first-order chi connectivity index (χ1) is 8.74. The van der Waals surface area contributed by atoms with Crippen molar-refractivity contribution in [1.29, 1.82) is 0 Å². The van der Waals surface area contributed by atoms with Gasteiger partial charge < -0.3 is 10.1 Å². The first kappa shape index (κ1) is 12.4. The first-order valence-electron chi connectivity index (χ1n) is 5.99. The molecule has 18 heavy (non-hydrogen) atoms. The van der Waals surface area contributed by atoms with Crippen molar-refractivity contribution >= 4 is 5.95 Å². The SMILES string of the molecule is CCOc1cccc(-c2nc(NC)ncc2C)c1. The third-order valence-electron chi connectivity index (χ3n) is 2.61. The number of nitrogens with zero attached hydrogens (tertiary/aromatic N) is 2. The fraction of sp³-hybridized carbons (Fsp3) is 0.286. The van der Waals surface area contributed by atoms with Gasteiger partial charge in [0.15, 0.2) is 0 Å². The predicted octanol–water partition coefficient (Wildman–Crippen LogP) is 2.89. The van der Waals surface area contributed by atoms with E-state index in [1.165, 1.54) is 0 Å². The quantitative estimate of drug-likeness (QED) is 0.897. The highest BCUT2D eigenvalue weighted by molar-refractivity contribution is 5.65. The summed E-state index contributed by atoms with van der Waals surface area (Å²) < 4.78 is 5.51. The zero-order chi connectivity index (χ0) is 13.0. The molecule has 0 atom stereocenters. The molecule has 0 aliphatic heterocycles. The Hall–Kier alpha value is -2.10. The van der Waals surface area contributed by atoms with Gasteiger partial charge in [-0.25, -0.2) is 9.97 Å². The van der Waals surface area contributed by atoms with Gasteiger partial charge >= 0.3 is 0 Å². The van der Waals surface area contributed by atoms with E-state index < -0.39 is 0 Å². The lowest BCUT2D eigenvalue weighted by molar-refractivity contribution is 0.340. The summed E-state index contributed by atoms with van der Waals surface area (Å²) in [6.07, 6.45) is 1.82. The van der Waals surface area contributed by atoms with Gasteiger partial charge in [-0.3, -0.25) is 0 Å². The summed E-state index contributed by atoms with van der Waals surface area (Å²) in [7, 11) is 1.81. The van der Waals surface area contributed by atoms with Crippen LogP contribution in [0.5, 0.6) is 5.75 Å². The van der Waals surface area contributed by atoms with E-state index in [-0.39, 0.29) is 0 Å². The van der Waals surface area contributed by atoms with E-state index in [4.69, 9.17) is 4.74 Å². The second-order valence-corrected chi connectivity index (χ2v) is 3.94. The Morgan fingerprint density at radius 3 is 2.89 bits per heavy atom. The predicted molar refractivity (Wildman–Crippen MR) is 72.9 cm³/mol. The topological polar surface area (TPSA) is 47.0 Å². The number of anilines is 1. The molecule has 0 saturated heterocycles. The molecular formula is C14H17N3O. The molecule has 0 aliphatic carbocycles. The minimum atomic E-state index is 0.623. The van der Waals surface area contributed by atoms with E-state index >= 15 is 0 Å². The number of benzene rings is 1. The number of rotatable bonds is 4. The van der Waals surface area contributed by atoms with E-state index in [1.807, 2.05) is 51.4 Å². The zero-order valence-electron chi connectivity index (χ0n) is 10.9. The molecular weight excluding hydrogens is 226 g/mol. The lowest BCUT2D eigenvalue weighted by Crippen LogP contribution is -1.99. The van der Waals surface area contributed by atoms with Gasteiger partial charge in [0.2, 0.25) is 5.95 Å². The van der Waals surface area contributed by atoms with Crippen LogP contribution in [-0.4, -0.2) is 23.6 Å². The van der Waals surface area contributed by atoms with E-state index in [0.717, 1.165) is 22.6 Å². The molecule has 0 radical (unpaired) electrons. The van der Waals surface area contributed by atoms with Crippen molar-refractivity contribution in [3.05, 3.63) is 36.0 Å². The first-order valence-corrected chi connectivity index (χ1v) is 5.99. The second kappa shape index (κ2) is 5.49. The maximum Gasteiger partial charge on any atom is 0.222 e. The van der Waals surface area contributed by atoms with Crippen LogP contribution in [0.1, 0.15) is 12.5 Å². The van der Waals surface area contributed by atoms with Gasteiger partial charge in [0, 0.05) is 18.8 Å². The molecule has 0 aliphatic rings. The Bertz CT molecular complexity index is 540. The smallest absolute Gasteiger partial charge is 0.222 e. The van der Waals surface area contributed by atoms with Crippen LogP contribution in [0.15, 0.2) is 30.5 Å². The van der Waals surface area contributed by atoms with Gasteiger partial charge in [0.1, 0.15) is 5.75 Å². The molecule has 0 unspecified atom stereocenters. The molecule has 0 fully saturated rings. The number of nitrogens with one attached hydrogen (secondary N) is 1. The Kier molecular flexibility index (Phi) is 3.77. The number of hydrogen-bond donors (Lipinski definition) is 1. The molecule has 4 heteroatoms. The molecule has 1 aromatic carbocycles. The average Bonchev–Trinajstić information content (AvgIpc) is 2.40. The van der Waals surface area contributed by atoms with Crippen molar-refractivity contribution < 1.29 is 4.74 Å². The molecule has 0 spiro atoms. The normalized spacial score (nSPS) is 10.2. The molecule has 94 valence electrons. The van der Waals surface area contributed by atoms with Crippen molar-refractivity contribution in [2.24, 2.45) is 0 Å². The Morgan fingerprint density at radius 1 is 1.33 bits per heavy atom. The summed E-state index contributed by atoms with van der Waals surface area (Å²) in [5.74, 6) is 1.48. The van der Waals surface area contributed by atoms with Crippen LogP contribution in [0.2, 0.25) is 0 Å². The van der Waals surface area contributed by atoms with Crippen LogP contribution in [-0.2, 0) is 0 Å². The second-order valence-electron chi connectivity index (χ2n) is 3.94. The summed E-state index contributed by atoms with van der Waals surface area (Å²) in [6.45, 7) is 4.64. The van der Waals surface area contributed by atoms with Crippen molar-refractivity contribution in [3.8, 4) is 17.0 Å². The van der Waals surface area contributed by atoms with Crippen LogP contribution in [0.4, 0.5) is 5.95 Å². The van der Waals surface area contributed by atoms with Crippen molar-refractivity contribution in [2.75, 3.05) is 19.0 Å². The van der Waals surface area contributed by atoms with Crippen LogP contribution in [0.3, 0.4) is 0 Å². The number of ether oxygens (including phenoxy) is 1. The molecule has 1 N–H and O–H groups in total. The van der Waals surface area contributed by atoms with Gasteiger partial charge in [0.05, 0.1) is 12.3 Å². The van der Waals surface area contributed by atoms with Crippen LogP contribution >= 0.6 is 0 Å². The monoisotopic (exact) mass is 243 g/mol. The third kappa shape index (κ3) is 2.59. The lowest BCUT2D eigenvalue weighted by Gasteiger charge is -2.09. The Morgan fingerprint density at radius 2 is 2.17 bits per heavy atom. The molecule has 2 aromatic rings. The summed E-state index contributed by atoms with van der Waals surface area (Å²) in [6, 6.07) is 7.94. The fourth-order valence-corrected chi connectivity index (χ4v) is 1.75. The lowest BCUT2D eigenvalue weighted by atomic mass is 10.1. The van der Waals surface area contributed by atoms with Crippen molar-refractivity contribution in [2.45, 2.75) is 13.8 Å². The van der Waals surface area contributed by atoms with Crippen molar-refractivity contribution in [3.63, 3.8) is 0 Å². The molecule has 1 aromatic heterocycles. The largest absolute Gasteiger partial charge is 0.494 e. The highest BCUT2D eigenvalue weighted by Gasteiger charge is 2.06. The highest BCUT2D eigenvalue weighted by atomic mass is 16.5. The number of aromatic nitrogens is 2. The minimum Gasteiger partial charge on any atom is -0.494 e. The van der Waals surface area contributed by atoms with Gasteiger partial charge in [0.25, 0.3) is 0 Å². The summed E-state index contributed by atoms with van der Waals surface area (Å²) in [5.41, 5.74) is 3.01. The molecule has 0 saturated carbocycles. The number of hydrogen-bond acceptors (Lipinski definition) is 4. The standard InChI is InChI=1S/C14H17N3O/c1-4-18-12-7-5-6-11(8-12)13-10(2)9-16-14(15-3)17-13/h5-9H,4H2,1-3H3,(H,15,16,17). The maximum absolute atomic E-state index is 5.51. The van der Waals surface area contributed by atoms with E-state index in [2.05, 4.69) is 15.3 Å². The van der Waals surface area contributed by atoms with Gasteiger partial charge in [-0.05, 0) is 31.5 Å². The zero-order valence-corrected chi connectivity index (χ0v) is 10.9. The Balaban J connectivity index is 2.44. The van der Waals surface area contributed by atoms with E-state index in [0.29, 0.717) is 12.6 Å². The minimum absolute atomic E-state index is 0.623. The fourth-order valence-electron chi connectivity index (χ4n) is 1.75. The maximum atomic E-state index is 5.51. The van der Waals surface area contributed by atoms with Gasteiger partial charge in [-0.2, -0.15) is 0 Å². The summed E-state index contributed by atoms with van der Waals surface area (Å²) in [5, 5.41) is 2.95. The Labute approximate surface area is 107 Å². The molecule has 0 bridgehead atoms. The van der Waals surface area contributed by atoms with Crippen molar-refractivity contribution in [1.82, 2.24) is 9.97 Å². The van der Waals surface area contributed by atoms with Gasteiger partial charge in [-0.15, -0.1) is 0 Å². The van der Waals surface area contributed by atoms with Crippen LogP contribution in [0, 0.1) is 6.92 Å². The highest BCUT2D eigenvalue weighted by Crippen LogP contribution is 2.25. The summed E-state index contributed by atoms with van der Waals surface area (Å²) in [4.78, 5) is 8.67. The van der Waals surface area contributed by atoms with Crippen LogP contribution in [0.25, 0.3) is 11.3 Å². The molecule has 4 nitrogen and oxygen atoms in total. The summed E-state index contributed by atoms with van der Waals surface area (Å²) >= 11 is 0. The molecule has 2 rings (SSSR count). The molecule has 1 heterocycles. The van der Waals surface area contributed by atoms with E-state index in [1.54, 1.807) is 0 Å².